The van der Waals surface area contributed by atoms with Crippen LogP contribution in [0.3, 0.4) is 0 Å². The number of anilines is 2. The number of nitrogens with zero attached hydrogens (tertiary/aromatic N) is 3. The number of benzene rings is 4. The molecule has 0 unspecified atom stereocenters. The number of fused-ring (bicyclic) bond motifs is 2. The zero-order chi connectivity index (χ0) is 47.4. The Balaban J connectivity index is 0.765. The van der Waals surface area contributed by atoms with Gasteiger partial charge in [-0.2, -0.15) is 5.26 Å². The minimum atomic E-state index is -0.209. The van der Waals surface area contributed by atoms with Crippen molar-refractivity contribution in [3.05, 3.63) is 118 Å². The molecule has 0 saturated heterocycles. The number of aryl methyl sites for hydroxylation is 1. The molecule has 3 N–H and O–H groups in total. The first-order valence-electron chi connectivity index (χ1n) is 22.9. The molecule has 2 heterocycles. The monoisotopic (exact) mass is 936 g/mol. The Morgan fingerprint density at radius 1 is 0.701 bits per heavy atom. The third-order valence-corrected chi connectivity index (χ3v) is 11.8. The van der Waals surface area contributed by atoms with Crippen LogP contribution in [-0.4, -0.2) is 120 Å². The minimum absolute atomic E-state index is 0.00390. The summed E-state index contributed by atoms with van der Waals surface area (Å²) in [5.74, 6) is -0.584. The summed E-state index contributed by atoms with van der Waals surface area (Å²) in [5.41, 5.74) is 7.94. The Morgan fingerprint density at radius 2 is 1.27 bits per heavy atom. The van der Waals surface area contributed by atoms with Gasteiger partial charge in [-0.3, -0.25) is 19.2 Å². The largest absolute Gasteiger partial charge is 0.378 e. The van der Waals surface area contributed by atoms with Crippen LogP contribution < -0.4 is 20.9 Å². The van der Waals surface area contributed by atoms with Crippen molar-refractivity contribution in [2.75, 3.05) is 95.9 Å². The van der Waals surface area contributed by atoms with Crippen molar-refractivity contribution in [3.63, 3.8) is 0 Å². The molecule has 2 atom stereocenters. The van der Waals surface area contributed by atoms with Crippen LogP contribution in [0.5, 0.6) is 0 Å². The maximum absolute atomic E-state index is 12.9. The average Bonchev–Trinajstić information content (AvgIpc) is 3.55. The van der Waals surface area contributed by atoms with E-state index in [0.29, 0.717) is 108 Å². The lowest BCUT2D eigenvalue weighted by Crippen LogP contribution is -2.43. The zero-order valence-electron chi connectivity index (χ0n) is 38.4. The van der Waals surface area contributed by atoms with Crippen LogP contribution in [0, 0.1) is 11.3 Å². The summed E-state index contributed by atoms with van der Waals surface area (Å²) in [5, 5.41) is 19.0. The van der Waals surface area contributed by atoms with E-state index in [1.54, 1.807) is 17.9 Å². The second-order valence-electron chi connectivity index (χ2n) is 16.3. The van der Waals surface area contributed by atoms with Gasteiger partial charge in [-0.1, -0.05) is 35.9 Å². The fourth-order valence-electron chi connectivity index (χ4n) is 8.18. The summed E-state index contributed by atoms with van der Waals surface area (Å²) in [6.45, 7) is 9.29. The average molecular weight is 938 g/mol. The van der Waals surface area contributed by atoms with Crippen molar-refractivity contribution in [2.24, 2.45) is 0 Å². The summed E-state index contributed by atoms with van der Waals surface area (Å²) >= 11 is 6.12. The van der Waals surface area contributed by atoms with Gasteiger partial charge in [-0.05, 0) is 115 Å². The molecule has 0 bridgehead atoms. The van der Waals surface area contributed by atoms with Crippen LogP contribution in [0.4, 0.5) is 11.4 Å². The van der Waals surface area contributed by atoms with Crippen LogP contribution >= 0.6 is 11.6 Å². The second kappa shape index (κ2) is 26.5. The van der Waals surface area contributed by atoms with Gasteiger partial charge in [-0.15, -0.1) is 0 Å². The highest BCUT2D eigenvalue weighted by molar-refractivity contribution is 6.30. The molecule has 6 rings (SSSR count). The van der Waals surface area contributed by atoms with E-state index in [1.807, 2.05) is 83.8 Å². The van der Waals surface area contributed by atoms with E-state index in [2.05, 4.69) is 28.9 Å². The summed E-state index contributed by atoms with van der Waals surface area (Å²) in [6, 6.07) is 28.7. The van der Waals surface area contributed by atoms with Crippen molar-refractivity contribution in [3.8, 4) is 17.2 Å². The number of nitrogens with one attached hydrogen (secondary N) is 3. The molecule has 0 saturated carbocycles. The van der Waals surface area contributed by atoms with Crippen molar-refractivity contribution in [1.29, 1.82) is 5.26 Å². The molecule has 0 fully saturated rings. The molecule has 4 aromatic rings. The van der Waals surface area contributed by atoms with Gasteiger partial charge in [0.25, 0.3) is 11.8 Å². The molecular weight excluding hydrogens is 876 g/mol. The molecule has 67 heavy (non-hydrogen) atoms. The molecule has 356 valence electrons. The molecule has 0 aliphatic carbocycles. The molecule has 15 nitrogen and oxygen atoms in total. The van der Waals surface area contributed by atoms with E-state index in [9.17, 15) is 19.2 Å². The fraction of sp³-hybridized carbons (Fsp3) is 0.431. The predicted molar refractivity (Wildman–Crippen MR) is 256 cm³/mol. The van der Waals surface area contributed by atoms with E-state index in [4.69, 9.17) is 40.5 Å². The lowest BCUT2D eigenvalue weighted by Gasteiger charge is -2.39. The normalized spacial score (nSPS) is 15.4. The van der Waals surface area contributed by atoms with Crippen LogP contribution in [0.15, 0.2) is 84.9 Å². The molecule has 0 aromatic heterocycles. The Labute approximate surface area is 398 Å². The second-order valence-corrected chi connectivity index (χ2v) is 16.8. The third kappa shape index (κ3) is 15.3. The number of rotatable bonds is 24. The van der Waals surface area contributed by atoms with Crippen LogP contribution in [0.1, 0.15) is 76.6 Å². The highest BCUT2D eigenvalue weighted by Gasteiger charge is 2.33. The highest BCUT2D eigenvalue weighted by Crippen LogP contribution is 2.41. The number of nitriles is 1. The molecule has 0 spiro atoms. The van der Waals surface area contributed by atoms with Gasteiger partial charge < -0.3 is 49.4 Å². The van der Waals surface area contributed by atoms with Gasteiger partial charge in [0.05, 0.1) is 78.2 Å². The third-order valence-electron chi connectivity index (χ3n) is 11.5. The van der Waals surface area contributed by atoms with Crippen molar-refractivity contribution in [2.45, 2.75) is 58.2 Å². The Bertz CT molecular complexity index is 2310. The van der Waals surface area contributed by atoms with E-state index >= 15 is 0 Å². The first-order valence-corrected chi connectivity index (χ1v) is 23.3. The zero-order valence-corrected chi connectivity index (χ0v) is 39.1. The van der Waals surface area contributed by atoms with Crippen LogP contribution in [-0.2, 0) is 46.2 Å². The molecule has 0 radical (unpaired) electrons. The van der Waals surface area contributed by atoms with E-state index in [-0.39, 0.29) is 42.1 Å². The lowest BCUT2D eigenvalue weighted by molar-refractivity contribution is -0.130. The van der Waals surface area contributed by atoms with Gasteiger partial charge in [0.2, 0.25) is 11.8 Å². The molecule has 2 aliphatic rings. The summed E-state index contributed by atoms with van der Waals surface area (Å²) in [7, 11) is 0. The first-order chi connectivity index (χ1) is 32.6. The maximum atomic E-state index is 12.9. The van der Waals surface area contributed by atoms with Crippen molar-refractivity contribution >= 4 is 46.6 Å². The number of ether oxygens (including phenoxy) is 5. The molecule has 4 aromatic carbocycles. The van der Waals surface area contributed by atoms with Gasteiger partial charge in [0.1, 0.15) is 6.42 Å². The van der Waals surface area contributed by atoms with E-state index in [0.717, 1.165) is 58.5 Å². The SMILES string of the molecule is CC(=O)N1c2ccc(-c3ccc(C(=O)NCCOCCOCCOCCOCCOCCNC(=O)c4ccc5c(c4)CN(C(=O)CC#N)CCC5)cc3)cc2[C@H](Nc2ccc(Cl)cc2)C[C@@H]1C. The lowest BCUT2D eigenvalue weighted by atomic mass is 9.88. The van der Waals surface area contributed by atoms with Gasteiger partial charge in [0.15, 0.2) is 0 Å². The fourth-order valence-corrected chi connectivity index (χ4v) is 8.30. The topological polar surface area (TPSA) is 181 Å². The smallest absolute Gasteiger partial charge is 0.251 e. The highest BCUT2D eigenvalue weighted by atomic mass is 35.5. The first kappa shape index (κ1) is 50.6. The summed E-state index contributed by atoms with van der Waals surface area (Å²) < 4.78 is 27.8. The van der Waals surface area contributed by atoms with E-state index < -0.39 is 0 Å². The Hall–Kier alpha value is -5.86. The van der Waals surface area contributed by atoms with Crippen molar-refractivity contribution < 1.29 is 42.9 Å². The molecule has 4 amide bonds. The standard InChI is InChI=1S/C51H61ClN6O9/c1-36-32-47(56-45-14-12-44(52)13-15-45)46-34-41(11-16-48(46)58(36)37(2)59)39-5-8-40(9-6-39)50(61)54-19-22-63-24-26-65-28-30-67-31-29-66-27-25-64-23-20-55-51(62)42-10-7-38-4-3-21-57(35-43(38)33-42)49(60)17-18-53/h5-16,33-34,36,47,56H,3-4,17,19-32,35H2,1-2H3,(H,54,61)(H,55,62)/t36-,47+/m0/s1. The number of halogens is 1. The number of hydrogen-bond donors (Lipinski definition) is 3. The molecule has 2 aliphatic heterocycles. The quantitative estimate of drug-likeness (QED) is 0.0634. The predicted octanol–water partition coefficient (Wildman–Crippen LogP) is 6.74. The molecule has 16 heteroatoms. The molecular formula is C51H61ClN6O9. The Morgan fingerprint density at radius 3 is 1.87 bits per heavy atom. The number of carbonyl (C=O) groups excluding carboxylic acids is 4. The van der Waals surface area contributed by atoms with Crippen LogP contribution in [0.2, 0.25) is 5.02 Å². The van der Waals surface area contributed by atoms with Crippen molar-refractivity contribution in [1.82, 2.24) is 15.5 Å². The summed E-state index contributed by atoms with van der Waals surface area (Å²) in [6.07, 6.45) is 2.24. The summed E-state index contributed by atoms with van der Waals surface area (Å²) in [4.78, 5) is 54.0. The number of carbonyl (C=O) groups is 4. The number of amides is 4. The van der Waals surface area contributed by atoms with Gasteiger partial charge in [-0.25, -0.2) is 0 Å². The van der Waals surface area contributed by atoms with E-state index in [1.165, 1.54) is 0 Å². The maximum Gasteiger partial charge on any atom is 0.251 e. The minimum Gasteiger partial charge on any atom is -0.378 e. The number of hydrogen-bond acceptors (Lipinski definition) is 11. The van der Waals surface area contributed by atoms with Gasteiger partial charge >= 0.3 is 0 Å². The van der Waals surface area contributed by atoms with Gasteiger partial charge in [0, 0.05) is 66.7 Å². The Kier molecular flexibility index (Phi) is 20.0. The van der Waals surface area contributed by atoms with Crippen LogP contribution in [0.25, 0.3) is 11.1 Å².